The number of benzene rings is 5. The Hall–Kier alpha value is -3.17. The minimum Gasteiger partial charge on any atom is -0.332 e. The molecule has 130 valence electrons. The van der Waals surface area contributed by atoms with E-state index in [-0.39, 0.29) is 0 Å². The van der Waals surface area contributed by atoms with E-state index in [4.69, 9.17) is 12.2 Å². The van der Waals surface area contributed by atoms with Crippen LogP contribution in [0, 0.1) is 6.92 Å². The van der Waals surface area contributed by atoms with Crippen molar-refractivity contribution < 1.29 is 0 Å². The summed E-state index contributed by atoms with van der Waals surface area (Å²) < 4.78 is 0. The molecule has 0 aliphatic rings. The van der Waals surface area contributed by atoms with Crippen molar-refractivity contribution >= 4 is 61.0 Å². The van der Waals surface area contributed by atoms with Crippen LogP contribution in [-0.4, -0.2) is 5.11 Å². The van der Waals surface area contributed by atoms with Crippen LogP contribution in [0.25, 0.3) is 32.3 Å². The maximum Gasteiger partial charge on any atom is 0.175 e. The fraction of sp³-hybridized carbons (Fsp3) is 0.0417. The van der Waals surface area contributed by atoms with Crippen molar-refractivity contribution in [1.82, 2.24) is 0 Å². The molecule has 0 heterocycles. The first-order valence-electron chi connectivity index (χ1n) is 9.00. The predicted molar refractivity (Wildman–Crippen MR) is 121 cm³/mol. The van der Waals surface area contributed by atoms with E-state index in [2.05, 4.69) is 84.3 Å². The molecule has 0 aliphatic heterocycles. The molecule has 2 N–H and O–H groups in total. The lowest BCUT2D eigenvalue weighted by molar-refractivity contribution is 1.47. The molecule has 0 amide bonds. The molecule has 0 saturated carbocycles. The van der Waals surface area contributed by atoms with Crippen LogP contribution in [0.3, 0.4) is 0 Å². The van der Waals surface area contributed by atoms with Crippen molar-refractivity contribution in [2.24, 2.45) is 0 Å². The van der Waals surface area contributed by atoms with Crippen LogP contribution in [-0.2, 0) is 0 Å². The van der Waals surface area contributed by atoms with Crippen LogP contribution < -0.4 is 10.6 Å². The lowest BCUT2D eigenvalue weighted by atomic mass is 9.93. The molecule has 0 fully saturated rings. The topological polar surface area (TPSA) is 24.1 Å². The first kappa shape index (κ1) is 16.0. The largest absolute Gasteiger partial charge is 0.332 e. The van der Waals surface area contributed by atoms with Crippen LogP contribution in [0.1, 0.15) is 5.56 Å². The van der Waals surface area contributed by atoms with Crippen LogP contribution >= 0.6 is 12.2 Å². The third-order valence-electron chi connectivity index (χ3n) is 5.09. The number of rotatable bonds is 2. The lowest BCUT2D eigenvalue weighted by Gasteiger charge is -2.16. The van der Waals surface area contributed by atoms with E-state index in [1.165, 1.54) is 37.9 Å². The molecule has 5 rings (SSSR count). The Morgan fingerprint density at radius 1 is 0.667 bits per heavy atom. The molecule has 0 bridgehead atoms. The summed E-state index contributed by atoms with van der Waals surface area (Å²) in [6.07, 6.45) is 0. The van der Waals surface area contributed by atoms with Gasteiger partial charge in [0.25, 0.3) is 0 Å². The van der Waals surface area contributed by atoms with E-state index in [0.29, 0.717) is 5.11 Å². The van der Waals surface area contributed by atoms with Gasteiger partial charge < -0.3 is 10.6 Å². The highest BCUT2D eigenvalue weighted by Crippen LogP contribution is 2.37. The highest BCUT2D eigenvalue weighted by atomic mass is 32.1. The first-order chi connectivity index (χ1) is 13.2. The average Bonchev–Trinajstić information content (AvgIpc) is 2.69. The van der Waals surface area contributed by atoms with Gasteiger partial charge in [-0.25, -0.2) is 0 Å². The maximum absolute atomic E-state index is 5.55. The van der Waals surface area contributed by atoms with Crippen LogP contribution in [0.4, 0.5) is 11.4 Å². The molecule has 0 aliphatic carbocycles. The van der Waals surface area contributed by atoms with Crippen molar-refractivity contribution in [3.63, 3.8) is 0 Å². The van der Waals surface area contributed by atoms with Gasteiger partial charge in [0.1, 0.15) is 0 Å². The summed E-state index contributed by atoms with van der Waals surface area (Å²) in [6.45, 7) is 2.07. The summed E-state index contributed by atoms with van der Waals surface area (Å²) in [5.41, 5.74) is 3.23. The highest BCUT2D eigenvalue weighted by Gasteiger charge is 2.11. The number of thiocarbonyl (C=S) groups is 1. The highest BCUT2D eigenvalue weighted by molar-refractivity contribution is 7.80. The van der Waals surface area contributed by atoms with Crippen molar-refractivity contribution in [2.75, 3.05) is 10.6 Å². The van der Waals surface area contributed by atoms with Gasteiger partial charge in [0.2, 0.25) is 0 Å². The standard InChI is InChI=1S/C24H18N2S/c1-15-5-11-19(12-6-15)25-24(27)26-21-14-10-18-8-7-16-3-2-4-17-9-13-20(21)23(18)22(16)17/h2-14H,1H3,(H2,25,26,27). The van der Waals surface area contributed by atoms with Crippen molar-refractivity contribution in [1.29, 1.82) is 0 Å². The summed E-state index contributed by atoms with van der Waals surface area (Å²) in [6, 6.07) is 27.7. The lowest BCUT2D eigenvalue weighted by Crippen LogP contribution is -2.19. The van der Waals surface area contributed by atoms with Crippen molar-refractivity contribution in [2.45, 2.75) is 6.92 Å². The average molecular weight is 366 g/mol. The van der Waals surface area contributed by atoms with E-state index in [1.54, 1.807) is 0 Å². The first-order valence-corrected chi connectivity index (χ1v) is 9.41. The monoisotopic (exact) mass is 366 g/mol. The van der Waals surface area contributed by atoms with Gasteiger partial charge in [-0.15, -0.1) is 0 Å². The minimum absolute atomic E-state index is 0.592. The Balaban J connectivity index is 1.57. The van der Waals surface area contributed by atoms with Gasteiger partial charge in [-0.05, 0) is 64.3 Å². The zero-order chi connectivity index (χ0) is 18.4. The zero-order valence-electron chi connectivity index (χ0n) is 14.9. The molecule has 0 radical (unpaired) electrons. The summed E-state index contributed by atoms with van der Waals surface area (Å²) >= 11 is 5.55. The van der Waals surface area contributed by atoms with E-state index in [9.17, 15) is 0 Å². The Bertz CT molecular complexity index is 1270. The van der Waals surface area contributed by atoms with Crippen LogP contribution in [0.2, 0.25) is 0 Å². The van der Waals surface area contributed by atoms with E-state index in [0.717, 1.165) is 11.4 Å². The normalized spacial score (nSPS) is 11.3. The fourth-order valence-corrected chi connectivity index (χ4v) is 3.99. The number of aryl methyl sites for hydroxylation is 1. The molecular formula is C24H18N2S. The molecular weight excluding hydrogens is 348 g/mol. The Morgan fingerprint density at radius 2 is 1.30 bits per heavy atom. The summed E-state index contributed by atoms with van der Waals surface area (Å²) in [5, 5.41) is 14.8. The van der Waals surface area contributed by atoms with Gasteiger partial charge in [-0.1, -0.05) is 66.2 Å². The predicted octanol–water partition coefficient (Wildman–Crippen LogP) is 6.70. The zero-order valence-corrected chi connectivity index (χ0v) is 15.7. The van der Waals surface area contributed by atoms with Crippen LogP contribution in [0.5, 0.6) is 0 Å². The van der Waals surface area contributed by atoms with E-state index < -0.39 is 0 Å². The van der Waals surface area contributed by atoms with E-state index >= 15 is 0 Å². The molecule has 2 nitrogen and oxygen atoms in total. The summed E-state index contributed by atoms with van der Waals surface area (Å²) in [7, 11) is 0. The minimum atomic E-state index is 0.592. The third kappa shape index (κ3) is 2.77. The third-order valence-corrected chi connectivity index (χ3v) is 5.29. The second-order valence-corrected chi connectivity index (χ2v) is 7.32. The van der Waals surface area contributed by atoms with Crippen molar-refractivity contribution in [3.8, 4) is 0 Å². The molecule has 5 aromatic rings. The second-order valence-electron chi connectivity index (χ2n) is 6.91. The molecule has 5 aromatic carbocycles. The molecule has 0 unspecified atom stereocenters. The number of anilines is 2. The number of hydrogen-bond acceptors (Lipinski definition) is 1. The Morgan fingerprint density at radius 3 is 2.04 bits per heavy atom. The molecule has 0 saturated heterocycles. The SMILES string of the molecule is Cc1ccc(NC(=S)Nc2ccc3ccc4cccc5ccc2c3c45)cc1. The molecule has 0 aromatic heterocycles. The second kappa shape index (κ2) is 6.22. The van der Waals surface area contributed by atoms with Gasteiger partial charge in [0.15, 0.2) is 5.11 Å². The maximum atomic E-state index is 5.55. The summed E-state index contributed by atoms with van der Waals surface area (Å²) in [4.78, 5) is 0. The van der Waals surface area contributed by atoms with Crippen molar-refractivity contribution in [3.05, 3.63) is 84.4 Å². The summed E-state index contributed by atoms with van der Waals surface area (Å²) in [5.74, 6) is 0. The quantitative estimate of drug-likeness (QED) is 0.268. The van der Waals surface area contributed by atoms with Gasteiger partial charge in [-0.3, -0.25) is 0 Å². The molecule has 27 heavy (non-hydrogen) atoms. The Kier molecular flexibility index (Phi) is 3.69. The van der Waals surface area contributed by atoms with Crippen LogP contribution in [0.15, 0.2) is 78.9 Å². The smallest absolute Gasteiger partial charge is 0.175 e. The molecule has 0 spiro atoms. The Labute approximate surface area is 163 Å². The van der Waals surface area contributed by atoms with Gasteiger partial charge in [-0.2, -0.15) is 0 Å². The van der Waals surface area contributed by atoms with Gasteiger partial charge in [0.05, 0.1) is 0 Å². The van der Waals surface area contributed by atoms with E-state index in [1.807, 2.05) is 12.1 Å². The number of hydrogen-bond donors (Lipinski definition) is 2. The molecule has 0 atom stereocenters. The fourth-order valence-electron chi connectivity index (χ4n) is 3.77. The van der Waals surface area contributed by atoms with Gasteiger partial charge >= 0.3 is 0 Å². The number of nitrogens with one attached hydrogen (secondary N) is 2. The molecule has 3 heteroatoms. The van der Waals surface area contributed by atoms with Gasteiger partial charge in [0, 0.05) is 16.8 Å².